The first-order chi connectivity index (χ1) is 13.0. The highest BCUT2D eigenvalue weighted by molar-refractivity contribution is 9.10. The predicted molar refractivity (Wildman–Crippen MR) is 99.4 cm³/mol. The van der Waals surface area contributed by atoms with Gasteiger partial charge in [-0.3, -0.25) is 20.4 Å². The maximum atomic E-state index is 12.4. The number of nitrogens with one attached hydrogen (secondary N) is 2. The molecule has 0 aromatic heterocycles. The number of ether oxygens (including phenoxy) is 4. The lowest BCUT2D eigenvalue weighted by molar-refractivity contribution is 0.0846. The van der Waals surface area contributed by atoms with E-state index in [0.717, 1.165) is 0 Å². The van der Waals surface area contributed by atoms with Crippen LogP contribution >= 0.6 is 15.9 Å². The molecule has 8 nitrogen and oxygen atoms in total. The summed E-state index contributed by atoms with van der Waals surface area (Å²) in [5.41, 5.74) is 5.34. The summed E-state index contributed by atoms with van der Waals surface area (Å²) in [5.74, 6) is 0.959. The van der Waals surface area contributed by atoms with Crippen LogP contribution in [0.2, 0.25) is 0 Å². The van der Waals surface area contributed by atoms with Crippen molar-refractivity contribution < 1.29 is 28.5 Å². The van der Waals surface area contributed by atoms with Crippen LogP contribution in [0, 0.1) is 0 Å². The average Bonchev–Trinajstić information content (AvgIpc) is 3.15. The number of fused-ring (bicyclic) bond motifs is 1. The quantitative estimate of drug-likeness (QED) is 0.699. The van der Waals surface area contributed by atoms with Crippen molar-refractivity contribution in [1.82, 2.24) is 10.9 Å². The first-order valence-electron chi connectivity index (χ1n) is 8.04. The molecule has 2 N–H and O–H groups in total. The summed E-state index contributed by atoms with van der Waals surface area (Å²) < 4.78 is 21.7. The van der Waals surface area contributed by atoms with E-state index in [0.29, 0.717) is 39.6 Å². The van der Waals surface area contributed by atoms with Gasteiger partial charge in [0.2, 0.25) is 6.79 Å². The molecule has 0 spiro atoms. The maximum absolute atomic E-state index is 12.4. The highest BCUT2D eigenvalue weighted by atomic mass is 79.9. The average molecular weight is 437 g/mol. The Kier molecular flexibility index (Phi) is 5.70. The third-order valence-corrected chi connectivity index (χ3v) is 4.29. The van der Waals surface area contributed by atoms with Gasteiger partial charge in [0.1, 0.15) is 0 Å². The van der Waals surface area contributed by atoms with Gasteiger partial charge in [0.05, 0.1) is 18.2 Å². The minimum absolute atomic E-state index is 0.117. The maximum Gasteiger partial charge on any atom is 0.269 e. The number of hydrogen-bond acceptors (Lipinski definition) is 6. The molecular formula is C18H17BrN2O6. The molecule has 0 radical (unpaired) electrons. The molecule has 1 heterocycles. The summed E-state index contributed by atoms with van der Waals surface area (Å²) in [4.78, 5) is 24.6. The Balaban J connectivity index is 1.68. The van der Waals surface area contributed by atoms with Gasteiger partial charge < -0.3 is 18.9 Å². The first kappa shape index (κ1) is 18.8. The molecular weight excluding hydrogens is 420 g/mol. The number of benzene rings is 2. The molecule has 0 saturated carbocycles. The highest BCUT2D eigenvalue weighted by Crippen LogP contribution is 2.36. The summed E-state index contributed by atoms with van der Waals surface area (Å²) in [6.45, 7) is 2.41. The van der Waals surface area contributed by atoms with E-state index in [2.05, 4.69) is 26.8 Å². The number of hydrazine groups is 1. The molecule has 0 bridgehead atoms. The van der Waals surface area contributed by atoms with Gasteiger partial charge in [-0.1, -0.05) is 0 Å². The topological polar surface area (TPSA) is 95.1 Å². The highest BCUT2D eigenvalue weighted by Gasteiger charge is 2.18. The van der Waals surface area contributed by atoms with Crippen LogP contribution in [0.25, 0.3) is 0 Å². The van der Waals surface area contributed by atoms with E-state index in [1.807, 2.05) is 6.92 Å². The van der Waals surface area contributed by atoms with Crippen LogP contribution in [-0.2, 0) is 0 Å². The molecule has 2 aromatic rings. The number of methoxy groups -OCH3 is 1. The van der Waals surface area contributed by atoms with Gasteiger partial charge in [-0.2, -0.15) is 0 Å². The number of amides is 2. The number of carbonyl (C=O) groups excluding carboxylic acids is 2. The molecule has 0 unspecified atom stereocenters. The zero-order valence-electron chi connectivity index (χ0n) is 14.6. The Bertz CT molecular complexity index is 886. The third-order valence-electron chi connectivity index (χ3n) is 3.70. The van der Waals surface area contributed by atoms with Crippen LogP contribution in [-0.4, -0.2) is 32.3 Å². The molecule has 1 aliphatic heterocycles. The van der Waals surface area contributed by atoms with Crippen molar-refractivity contribution in [1.29, 1.82) is 0 Å². The summed E-state index contributed by atoms with van der Waals surface area (Å²) in [6, 6.07) is 7.85. The normalized spacial score (nSPS) is 11.7. The lowest BCUT2D eigenvalue weighted by Gasteiger charge is -2.13. The monoisotopic (exact) mass is 436 g/mol. The Labute approximate surface area is 163 Å². The molecule has 1 aliphatic rings. The fourth-order valence-electron chi connectivity index (χ4n) is 2.43. The van der Waals surface area contributed by atoms with Crippen LogP contribution < -0.4 is 29.8 Å². The van der Waals surface area contributed by atoms with Gasteiger partial charge >= 0.3 is 0 Å². The smallest absolute Gasteiger partial charge is 0.269 e. The Hall–Kier alpha value is -2.94. The van der Waals surface area contributed by atoms with Gasteiger partial charge in [-0.25, -0.2) is 0 Å². The fourth-order valence-corrected chi connectivity index (χ4v) is 2.99. The van der Waals surface area contributed by atoms with E-state index in [-0.39, 0.29) is 12.4 Å². The molecule has 0 saturated heterocycles. The van der Waals surface area contributed by atoms with Gasteiger partial charge in [0.15, 0.2) is 23.0 Å². The number of carbonyl (C=O) groups is 2. The predicted octanol–water partition coefficient (Wildman–Crippen LogP) is 2.66. The molecule has 9 heteroatoms. The summed E-state index contributed by atoms with van der Waals surface area (Å²) in [7, 11) is 1.48. The second-order valence-electron chi connectivity index (χ2n) is 5.40. The third kappa shape index (κ3) is 4.08. The lowest BCUT2D eigenvalue weighted by atomic mass is 10.2. The van der Waals surface area contributed by atoms with Crippen LogP contribution in [0.1, 0.15) is 27.6 Å². The van der Waals surface area contributed by atoms with E-state index in [9.17, 15) is 9.59 Å². The fraction of sp³-hybridized carbons (Fsp3) is 0.222. The number of hydrogen-bond donors (Lipinski definition) is 2. The van der Waals surface area contributed by atoms with Crippen molar-refractivity contribution in [3.8, 4) is 23.0 Å². The lowest BCUT2D eigenvalue weighted by Crippen LogP contribution is -2.41. The van der Waals surface area contributed by atoms with Gasteiger partial charge in [0.25, 0.3) is 11.8 Å². The van der Waals surface area contributed by atoms with Crippen molar-refractivity contribution >= 4 is 27.7 Å². The molecule has 142 valence electrons. The minimum atomic E-state index is -0.508. The summed E-state index contributed by atoms with van der Waals surface area (Å²) >= 11 is 3.36. The number of halogens is 1. The summed E-state index contributed by atoms with van der Waals surface area (Å²) in [6.07, 6.45) is 0. The Morgan fingerprint density at radius 1 is 1.07 bits per heavy atom. The van der Waals surface area contributed by atoms with E-state index >= 15 is 0 Å². The molecule has 2 amide bonds. The molecule has 2 aromatic carbocycles. The van der Waals surface area contributed by atoms with Crippen molar-refractivity contribution in [3.63, 3.8) is 0 Å². The second kappa shape index (κ2) is 8.17. The van der Waals surface area contributed by atoms with E-state index in [1.165, 1.54) is 13.2 Å². The van der Waals surface area contributed by atoms with Crippen LogP contribution in [0.3, 0.4) is 0 Å². The van der Waals surface area contributed by atoms with E-state index < -0.39 is 11.8 Å². The largest absolute Gasteiger partial charge is 0.493 e. The van der Waals surface area contributed by atoms with Gasteiger partial charge in [0, 0.05) is 11.1 Å². The van der Waals surface area contributed by atoms with Crippen molar-refractivity contribution in [2.75, 3.05) is 20.5 Å². The van der Waals surface area contributed by atoms with E-state index in [4.69, 9.17) is 18.9 Å². The van der Waals surface area contributed by atoms with Crippen molar-refractivity contribution in [2.45, 2.75) is 6.92 Å². The first-order valence-corrected chi connectivity index (χ1v) is 8.83. The van der Waals surface area contributed by atoms with Crippen LogP contribution in [0.5, 0.6) is 23.0 Å². The number of rotatable bonds is 5. The van der Waals surface area contributed by atoms with E-state index in [1.54, 1.807) is 24.3 Å². The molecule has 3 rings (SSSR count). The SMILES string of the molecule is CCOc1c(Br)cc(C(=O)NNC(=O)c2ccc3c(c2)OCO3)cc1OC. The molecule has 27 heavy (non-hydrogen) atoms. The zero-order chi connectivity index (χ0) is 19.4. The van der Waals surface area contributed by atoms with Crippen LogP contribution in [0.4, 0.5) is 0 Å². The Morgan fingerprint density at radius 2 is 1.78 bits per heavy atom. The molecule has 0 aliphatic carbocycles. The molecule has 0 fully saturated rings. The second-order valence-corrected chi connectivity index (χ2v) is 6.25. The van der Waals surface area contributed by atoms with Crippen molar-refractivity contribution in [3.05, 3.63) is 45.9 Å². The zero-order valence-corrected chi connectivity index (χ0v) is 16.2. The minimum Gasteiger partial charge on any atom is -0.493 e. The van der Waals surface area contributed by atoms with Gasteiger partial charge in [-0.05, 0) is 53.2 Å². The van der Waals surface area contributed by atoms with Crippen molar-refractivity contribution in [2.24, 2.45) is 0 Å². The Morgan fingerprint density at radius 3 is 2.48 bits per heavy atom. The standard InChI is InChI=1S/C18H17BrN2O6/c1-3-25-16-12(19)6-11(8-15(16)24-2)18(23)21-20-17(22)10-4-5-13-14(7-10)27-9-26-13/h4-8H,3,9H2,1-2H3,(H,20,22)(H,21,23). The molecule has 0 atom stereocenters. The summed E-state index contributed by atoms with van der Waals surface area (Å²) in [5, 5.41) is 0. The van der Waals surface area contributed by atoms with Crippen LogP contribution in [0.15, 0.2) is 34.8 Å². The van der Waals surface area contributed by atoms with Gasteiger partial charge in [-0.15, -0.1) is 0 Å².